The Balaban J connectivity index is 2.60. The van der Waals surface area contributed by atoms with Crippen molar-refractivity contribution in [3.05, 3.63) is 18.1 Å². The van der Waals surface area contributed by atoms with Crippen LogP contribution in [0.15, 0.2) is 12.3 Å². The Labute approximate surface area is 92.6 Å². The minimum absolute atomic E-state index is 0.0608. The Bertz CT molecular complexity index is 326. The molecule has 4 N–H and O–H groups in total. The zero-order valence-corrected chi connectivity index (χ0v) is 8.93. The van der Waals surface area contributed by atoms with E-state index in [0.29, 0.717) is 6.42 Å². The lowest BCUT2D eigenvalue weighted by Crippen LogP contribution is -2.27. The van der Waals surface area contributed by atoms with E-state index in [9.17, 15) is 4.39 Å². The number of alkyl halides is 1. The Morgan fingerprint density at radius 3 is 3.06 bits per heavy atom. The summed E-state index contributed by atoms with van der Waals surface area (Å²) in [6, 6.07) is 1.50. The maximum absolute atomic E-state index is 12.9. The maximum Gasteiger partial charge on any atom is 0.216 e. The number of rotatable bonds is 6. The lowest BCUT2D eigenvalue weighted by atomic mass is 10.3. The number of ether oxygens (including phenoxy) is 1. The summed E-state index contributed by atoms with van der Waals surface area (Å²) in [7, 11) is 0. The molecule has 0 saturated heterocycles. The van der Waals surface area contributed by atoms with Gasteiger partial charge in [0.05, 0.1) is 0 Å². The molecule has 0 aliphatic carbocycles. The van der Waals surface area contributed by atoms with Crippen LogP contribution in [0.2, 0.25) is 0 Å². The molecule has 1 rings (SSSR count). The van der Waals surface area contributed by atoms with Crippen molar-refractivity contribution in [2.75, 3.05) is 6.61 Å². The van der Waals surface area contributed by atoms with Gasteiger partial charge in [0.2, 0.25) is 5.88 Å². The van der Waals surface area contributed by atoms with Crippen LogP contribution in [0.3, 0.4) is 0 Å². The lowest BCUT2D eigenvalue weighted by Gasteiger charge is -2.10. The van der Waals surface area contributed by atoms with E-state index in [0.717, 1.165) is 0 Å². The Morgan fingerprint density at radius 1 is 1.69 bits per heavy atom. The average Bonchev–Trinajstić information content (AvgIpc) is 2.35. The minimum atomic E-state index is -1.02. The fourth-order valence-electron chi connectivity index (χ4n) is 0.938. The third-order valence-corrected chi connectivity index (χ3v) is 1.92. The van der Waals surface area contributed by atoms with Gasteiger partial charge in [-0.15, -0.1) is 0 Å². The number of hydroxylamine groups is 1. The van der Waals surface area contributed by atoms with Gasteiger partial charge < -0.3 is 15.7 Å². The quantitative estimate of drug-likeness (QED) is 0.488. The molecule has 6 nitrogen and oxygen atoms in total. The number of nitrogens with two attached hydrogens (primary N) is 1. The number of nitrogens with zero attached hydrogens (tertiary/aromatic N) is 2. The van der Waals surface area contributed by atoms with Crippen LogP contribution in [-0.4, -0.2) is 28.0 Å². The monoisotopic (exact) mass is 230 g/mol. The van der Waals surface area contributed by atoms with Crippen molar-refractivity contribution in [2.24, 2.45) is 5.73 Å². The van der Waals surface area contributed by atoms with Crippen LogP contribution >= 0.6 is 0 Å². The number of nitrogens with one attached hydrogen (secondary N) is 1. The Morgan fingerprint density at radius 2 is 2.44 bits per heavy atom. The van der Waals surface area contributed by atoms with Crippen LogP contribution in [-0.2, 0) is 0 Å². The predicted molar refractivity (Wildman–Crippen MR) is 54.6 cm³/mol. The number of hydrogen-bond donors (Lipinski definition) is 3. The zero-order valence-electron chi connectivity index (χ0n) is 8.93. The minimum Gasteiger partial charge on any atom is -0.474 e. The molecule has 0 fully saturated rings. The molecule has 0 saturated carbocycles. The number of hydrogen-bond acceptors (Lipinski definition) is 6. The van der Waals surface area contributed by atoms with E-state index >= 15 is 0 Å². The fraction of sp³-hybridized carbons (Fsp3) is 0.556. The predicted octanol–water partition coefficient (Wildman–Crippen LogP) is 0.540. The summed E-state index contributed by atoms with van der Waals surface area (Å²) >= 11 is 0. The molecular formula is C9H15FN4O2. The Kier molecular flexibility index (Phi) is 5.03. The molecular weight excluding hydrogens is 215 g/mol. The van der Waals surface area contributed by atoms with Gasteiger partial charge in [-0.3, -0.25) is 0 Å². The zero-order chi connectivity index (χ0) is 12.0. The molecule has 1 aromatic heterocycles. The largest absolute Gasteiger partial charge is 0.474 e. The van der Waals surface area contributed by atoms with Crippen LogP contribution in [0, 0.1) is 0 Å². The molecule has 2 unspecified atom stereocenters. The molecule has 7 heteroatoms. The maximum atomic E-state index is 12.9. The summed E-state index contributed by atoms with van der Waals surface area (Å²) in [5, 5.41) is 8.58. The van der Waals surface area contributed by atoms with Gasteiger partial charge in [0.15, 0.2) is 5.82 Å². The van der Waals surface area contributed by atoms with Gasteiger partial charge in [0, 0.05) is 12.3 Å². The van der Waals surface area contributed by atoms with E-state index in [1.54, 1.807) is 6.92 Å². The van der Waals surface area contributed by atoms with Crippen LogP contribution in [0.4, 0.5) is 4.39 Å². The summed E-state index contributed by atoms with van der Waals surface area (Å²) in [5.74, 6) is 0.402. The smallest absolute Gasteiger partial charge is 0.216 e. The molecule has 16 heavy (non-hydrogen) atoms. The third kappa shape index (κ3) is 3.69. The summed E-state index contributed by atoms with van der Waals surface area (Å²) in [5.41, 5.74) is 7.24. The SMILES string of the molecule is CCC(F)COc1ccnc(C(N)NO)n1. The van der Waals surface area contributed by atoms with Crippen molar-refractivity contribution < 1.29 is 14.3 Å². The first-order valence-electron chi connectivity index (χ1n) is 4.92. The normalized spacial score (nSPS) is 14.5. The van der Waals surface area contributed by atoms with Gasteiger partial charge in [-0.25, -0.2) is 9.37 Å². The van der Waals surface area contributed by atoms with Gasteiger partial charge in [0.1, 0.15) is 18.9 Å². The van der Waals surface area contributed by atoms with Crippen LogP contribution in [0.1, 0.15) is 25.3 Å². The highest BCUT2D eigenvalue weighted by atomic mass is 19.1. The van der Waals surface area contributed by atoms with E-state index in [-0.39, 0.29) is 18.3 Å². The lowest BCUT2D eigenvalue weighted by molar-refractivity contribution is 0.124. The summed E-state index contributed by atoms with van der Waals surface area (Å²) < 4.78 is 18.0. The van der Waals surface area contributed by atoms with Crippen LogP contribution < -0.4 is 16.0 Å². The van der Waals surface area contributed by atoms with Gasteiger partial charge >= 0.3 is 0 Å². The molecule has 0 amide bonds. The van der Waals surface area contributed by atoms with Crippen molar-refractivity contribution in [3.63, 3.8) is 0 Å². The summed E-state index contributed by atoms with van der Waals surface area (Å²) in [6.45, 7) is 1.67. The van der Waals surface area contributed by atoms with Gasteiger partial charge in [-0.1, -0.05) is 6.92 Å². The van der Waals surface area contributed by atoms with E-state index in [4.69, 9.17) is 15.7 Å². The molecule has 0 radical (unpaired) electrons. The van der Waals surface area contributed by atoms with E-state index < -0.39 is 12.3 Å². The van der Waals surface area contributed by atoms with Crippen molar-refractivity contribution in [2.45, 2.75) is 25.7 Å². The molecule has 1 aromatic rings. The van der Waals surface area contributed by atoms with Crippen molar-refractivity contribution in [1.29, 1.82) is 0 Å². The molecule has 0 bridgehead atoms. The number of aromatic nitrogens is 2. The van der Waals surface area contributed by atoms with Crippen molar-refractivity contribution in [3.8, 4) is 5.88 Å². The van der Waals surface area contributed by atoms with Crippen LogP contribution in [0.5, 0.6) is 5.88 Å². The van der Waals surface area contributed by atoms with E-state index in [1.165, 1.54) is 12.3 Å². The third-order valence-electron chi connectivity index (χ3n) is 1.92. The van der Waals surface area contributed by atoms with Crippen LogP contribution in [0.25, 0.3) is 0 Å². The van der Waals surface area contributed by atoms with E-state index in [1.807, 2.05) is 5.48 Å². The van der Waals surface area contributed by atoms with Crippen molar-refractivity contribution in [1.82, 2.24) is 15.4 Å². The fourth-order valence-corrected chi connectivity index (χ4v) is 0.938. The standard InChI is InChI=1S/C9H15FN4O2/c1-2-6(10)5-16-7-3-4-12-9(13-7)8(11)14-15/h3-4,6,8,14-15H,2,5,11H2,1H3. The summed E-state index contributed by atoms with van der Waals surface area (Å²) in [4.78, 5) is 7.73. The molecule has 0 aliphatic rings. The molecule has 0 spiro atoms. The highest BCUT2D eigenvalue weighted by Gasteiger charge is 2.10. The van der Waals surface area contributed by atoms with E-state index in [2.05, 4.69) is 9.97 Å². The van der Waals surface area contributed by atoms with Gasteiger partial charge in [-0.2, -0.15) is 10.5 Å². The second-order valence-electron chi connectivity index (χ2n) is 3.18. The average molecular weight is 230 g/mol. The second-order valence-corrected chi connectivity index (χ2v) is 3.18. The molecule has 1 heterocycles. The first-order chi connectivity index (χ1) is 7.67. The van der Waals surface area contributed by atoms with Gasteiger partial charge in [-0.05, 0) is 6.42 Å². The highest BCUT2D eigenvalue weighted by Crippen LogP contribution is 2.09. The first kappa shape index (κ1) is 12.8. The Hall–Kier alpha value is -1.31. The first-order valence-corrected chi connectivity index (χ1v) is 4.92. The highest BCUT2D eigenvalue weighted by molar-refractivity contribution is 5.09. The molecule has 90 valence electrons. The summed E-state index contributed by atoms with van der Waals surface area (Å²) in [6.07, 6.45) is -0.108. The second kappa shape index (κ2) is 6.31. The number of halogens is 1. The molecule has 0 aliphatic heterocycles. The van der Waals surface area contributed by atoms with Gasteiger partial charge in [0.25, 0.3) is 0 Å². The molecule has 0 aromatic carbocycles. The van der Waals surface area contributed by atoms with Crippen molar-refractivity contribution >= 4 is 0 Å². The molecule has 2 atom stereocenters. The topological polar surface area (TPSA) is 93.3 Å².